The zero-order chi connectivity index (χ0) is 16.8. The number of imidazole rings is 1. The first kappa shape index (κ1) is 16.7. The van der Waals surface area contributed by atoms with Crippen molar-refractivity contribution in [2.45, 2.75) is 57.0 Å². The number of aromatic nitrogens is 2. The van der Waals surface area contributed by atoms with Gasteiger partial charge in [0, 0.05) is 17.9 Å². The number of fused-ring (bicyclic) bond motifs is 1. The molecule has 1 saturated carbocycles. The van der Waals surface area contributed by atoms with Crippen LogP contribution >= 0.6 is 11.8 Å². The van der Waals surface area contributed by atoms with Crippen molar-refractivity contribution in [3.63, 3.8) is 0 Å². The Morgan fingerprint density at radius 2 is 1.91 bits per heavy atom. The third-order valence-corrected chi connectivity index (χ3v) is 4.58. The Labute approximate surface area is 138 Å². The highest BCUT2D eigenvalue weighted by Crippen LogP contribution is 2.39. The van der Waals surface area contributed by atoms with Crippen LogP contribution in [0.25, 0.3) is 11.0 Å². The number of rotatable bonds is 4. The fraction of sp³-hybridized carbons (Fsp3) is 0.588. The van der Waals surface area contributed by atoms with Gasteiger partial charge in [0.1, 0.15) is 5.82 Å². The van der Waals surface area contributed by atoms with E-state index in [1.165, 1.54) is 12.8 Å². The average Bonchev–Trinajstić information content (AvgIpc) is 3.11. The lowest BCUT2D eigenvalue weighted by Crippen LogP contribution is -2.15. The Hall–Kier alpha value is -1.17. The van der Waals surface area contributed by atoms with Gasteiger partial charge in [0.15, 0.2) is 0 Å². The lowest BCUT2D eigenvalue weighted by Gasteiger charge is -2.18. The molecule has 6 heteroatoms. The maximum Gasteiger partial charge on any atom is 0.446 e. The Balaban J connectivity index is 1.99. The first-order chi connectivity index (χ1) is 10.6. The highest BCUT2D eigenvalue weighted by atomic mass is 32.2. The Morgan fingerprint density at radius 1 is 1.22 bits per heavy atom. The zero-order valence-corrected chi connectivity index (χ0v) is 14.4. The molecule has 1 heterocycles. The fourth-order valence-electron chi connectivity index (χ4n) is 2.73. The quantitative estimate of drug-likeness (QED) is 0.669. The van der Waals surface area contributed by atoms with Gasteiger partial charge in [-0.25, -0.2) is 4.98 Å². The fourth-order valence-corrected chi connectivity index (χ4v) is 3.30. The van der Waals surface area contributed by atoms with Crippen molar-refractivity contribution >= 4 is 22.8 Å². The van der Waals surface area contributed by atoms with Crippen molar-refractivity contribution in [2.75, 3.05) is 0 Å². The lowest BCUT2D eigenvalue weighted by atomic mass is 9.92. The molecule has 1 aliphatic carbocycles. The highest BCUT2D eigenvalue weighted by molar-refractivity contribution is 8.00. The molecule has 0 bridgehead atoms. The molecule has 1 aromatic carbocycles. The average molecular weight is 342 g/mol. The van der Waals surface area contributed by atoms with E-state index in [2.05, 4.69) is 30.3 Å². The van der Waals surface area contributed by atoms with Crippen molar-refractivity contribution < 1.29 is 13.2 Å². The molecule has 126 valence electrons. The van der Waals surface area contributed by atoms with Crippen molar-refractivity contribution in [3.8, 4) is 0 Å². The summed E-state index contributed by atoms with van der Waals surface area (Å²) in [5.41, 5.74) is -2.56. The molecule has 0 aliphatic heterocycles. The van der Waals surface area contributed by atoms with Gasteiger partial charge < -0.3 is 4.57 Å². The summed E-state index contributed by atoms with van der Waals surface area (Å²) in [6, 6.07) is 4.89. The molecule has 0 atom stereocenters. The Bertz CT molecular complexity index is 709. The maximum atomic E-state index is 12.6. The second-order valence-corrected chi connectivity index (χ2v) is 8.66. The summed E-state index contributed by atoms with van der Waals surface area (Å²) in [6.45, 7) is 7.38. The van der Waals surface area contributed by atoms with Gasteiger partial charge in [-0.2, -0.15) is 13.2 Å². The van der Waals surface area contributed by atoms with E-state index >= 15 is 0 Å². The van der Waals surface area contributed by atoms with Gasteiger partial charge in [0.05, 0.1) is 11.0 Å². The maximum absolute atomic E-state index is 12.6. The molecule has 0 spiro atoms. The second kappa shape index (κ2) is 5.72. The van der Waals surface area contributed by atoms with E-state index in [-0.39, 0.29) is 22.1 Å². The van der Waals surface area contributed by atoms with E-state index in [9.17, 15) is 13.2 Å². The summed E-state index contributed by atoms with van der Waals surface area (Å²) in [5, 5.41) is 0. The van der Waals surface area contributed by atoms with Gasteiger partial charge in [0.25, 0.3) is 0 Å². The first-order valence-electron chi connectivity index (χ1n) is 7.86. The second-order valence-electron chi connectivity index (χ2n) is 7.52. The van der Waals surface area contributed by atoms with Crippen LogP contribution in [0.2, 0.25) is 0 Å². The monoisotopic (exact) mass is 342 g/mol. The number of hydrogen-bond acceptors (Lipinski definition) is 2. The molecule has 0 amide bonds. The van der Waals surface area contributed by atoms with Crippen molar-refractivity contribution in [2.24, 2.45) is 11.3 Å². The first-order valence-corrected chi connectivity index (χ1v) is 8.67. The SMILES string of the molecule is CC(C)(C)Cc1nc2cc(SC(F)(F)F)ccc2n1CC1CC1. The molecular weight excluding hydrogens is 321 g/mol. The number of halogens is 3. The predicted molar refractivity (Wildman–Crippen MR) is 87.5 cm³/mol. The molecule has 2 nitrogen and oxygen atoms in total. The van der Waals surface area contributed by atoms with Crippen LogP contribution in [0.3, 0.4) is 0 Å². The van der Waals surface area contributed by atoms with Crippen molar-refractivity contribution in [3.05, 3.63) is 24.0 Å². The van der Waals surface area contributed by atoms with E-state index < -0.39 is 5.51 Å². The molecule has 23 heavy (non-hydrogen) atoms. The topological polar surface area (TPSA) is 17.8 Å². The molecule has 1 aliphatic rings. The molecule has 0 N–H and O–H groups in total. The lowest BCUT2D eigenvalue weighted by molar-refractivity contribution is -0.0328. The summed E-state index contributed by atoms with van der Waals surface area (Å²) >= 11 is -0.0792. The van der Waals surface area contributed by atoms with E-state index in [0.717, 1.165) is 24.3 Å². The largest absolute Gasteiger partial charge is 0.446 e. The smallest absolute Gasteiger partial charge is 0.328 e. The van der Waals surface area contributed by atoms with Crippen LogP contribution in [0.4, 0.5) is 13.2 Å². The van der Waals surface area contributed by atoms with E-state index in [1.54, 1.807) is 18.2 Å². The summed E-state index contributed by atoms with van der Waals surface area (Å²) in [5.74, 6) is 1.67. The van der Waals surface area contributed by atoms with Crippen LogP contribution in [0.15, 0.2) is 23.1 Å². The van der Waals surface area contributed by atoms with Gasteiger partial charge in [-0.15, -0.1) is 0 Å². The van der Waals surface area contributed by atoms with Gasteiger partial charge in [-0.05, 0) is 54.1 Å². The molecular formula is C17H21F3N2S. The highest BCUT2D eigenvalue weighted by Gasteiger charge is 2.30. The normalized spacial score (nSPS) is 16.3. The molecule has 0 saturated heterocycles. The van der Waals surface area contributed by atoms with Crippen LogP contribution in [0, 0.1) is 11.3 Å². The number of alkyl halides is 3. The third-order valence-electron chi connectivity index (χ3n) is 3.86. The summed E-state index contributed by atoms with van der Waals surface area (Å²) < 4.78 is 39.9. The molecule has 3 rings (SSSR count). The zero-order valence-electron chi connectivity index (χ0n) is 13.6. The minimum atomic E-state index is -4.27. The van der Waals surface area contributed by atoms with Crippen LogP contribution in [0.1, 0.15) is 39.4 Å². The molecule has 1 aromatic heterocycles. The van der Waals surface area contributed by atoms with E-state index in [1.807, 2.05) is 0 Å². The van der Waals surface area contributed by atoms with Crippen molar-refractivity contribution in [1.82, 2.24) is 9.55 Å². The van der Waals surface area contributed by atoms with E-state index in [0.29, 0.717) is 11.4 Å². The summed E-state index contributed by atoms with van der Waals surface area (Å²) in [4.78, 5) is 4.85. The molecule has 2 aromatic rings. The number of benzene rings is 1. The van der Waals surface area contributed by atoms with Crippen LogP contribution < -0.4 is 0 Å². The molecule has 1 fully saturated rings. The number of hydrogen-bond donors (Lipinski definition) is 0. The van der Waals surface area contributed by atoms with Crippen LogP contribution in [-0.4, -0.2) is 15.1 Å². The number of thioether (sulfide) groups is 1. The minimum Gasteiger partial charge on any atom is -0.328 e. The Kier molecular flexibility index (Phi) is 4.15. The van der Waals surface area contributed by atoms with Gasteiger partial charge in [-0.1, -0.05) is 20.8 Å². The van der Waals surface area contributed by atoms with Gasteiger partial charge in [-0.3, -0.25) is 0 Å². The molecule has 0 radical (unpaired) electrons. The Morgan fingerprint density at radius 3 is 2.48 bits per heavy atom. The third kappa shape index (κ3) is 4.43. The predicted octanol–water partition coefficient (Wildman–Crippen LogP) is 5.65. The standard InChI is InChI=1S/C17H21F3N2S/c1-16(2,3)9-15-21-13-8-12(23-17(18,19)20)6-7-14(13)22(15)10-11-4-5-11/h6-8,11H,4-5,9-10H2,1-3H3. The van der Waals surface area contributed by atoms with Crippen LogP contribution in [0.5, 0.6) is 0 Å². The van der Waals surface area contributed by atoms with Gasteiger partial charge >= 0.3 is 5.51 Å². The molecule has 0 unspecified atom stereocenters. The van der Waals surface area contributed by atoms with Crippen molar-refractivity contribution in [1.29, 1.82) is 0 Å². The number of nitrogens with zero attached hydrogens (tertiary/aromatic N) is 2. The summed E-state index contributed by atoms with van der Waals surface area (Å²) in [6.07, 6.45) is 3.28. The van der Waals surface area contributed by atoms with Gasteiger partial charge in [0.2, 0.25) is 0 Å². The summed E-state index contributed by atoms with van der Waals surface area (Å²) in [7, 11) is 0. The van der Waals surface area contributed by atoms with Crippen LogP contribution in [-0.2, 0) is 13.0 Å². The van der Waals surface area contributed by atoms with E-state index in [4.69, 9.17) is 0 Å². The minimum absolute atomic E-state index is 0.0792.